The summed E-state index contributed by atoms with van der Waals surface area (Å²) in [6, 6.07) is 4.65. The van der Waals surface area contributed by atoms with Gasteiger partial charge in [0.15, 0.2) is 6.61 Å². The second-order valence-electron chi connectivity index (χ2n) is 6.46. The third-order valence-electron chi connectivity index (χ3n) is 4.73. The van der Waals surface area contributed by atoms with E-state index in [1.807, 2.05) is 0 Å². The molecule has 0 aromatic heterocycles. The molecule has 1 heterocycles. The molecule has 0 aliphatic carbocycles. The maximum absolute atomic E-state index is 12.9. The Balaban J connectivity index is 2.04. The molecule has 1 saturated heterocycles. The molecule has 1 N–H and O–H groups in total. The van der Waals surface area contributed by atoms with Crippen LogP contribution in [-0.2, 0) is 15.8 Å². The molecule has 0 bridgehead atoms. The fraction of sp³-hybridized carbons (Fsp3) is 0.529. The van der Waals surface area contributed by atoms with Crippen LogP contribution in [0.5, 0.6) is 5.75 Å². The molecular weight excluding hydrogens is 339 g/mol. The van der Waals surface area contributed by atoms with Crippen molar-refractivity contribution in [2.75, 3.05) is 19.7 Å². The van der Waals surface area contributed by atoms with Crippen LogP contribution in [0.1, 0.15) is 25.8 Å². The normalized spacial score (nSPS) is 20.8. The van der Waals surface area contributed by atoms with Crippen molar-refractivity contribution in [3.05, 3.63) is 29.8 Å². The number of amides is 1. The Morgan fingerprint density at radius 3 is 2.48 bits per heavy atom. The zero-order valence-electron chi connectivity index (χ0n) is 14.0. The number of benzene rings is 1. The SMILES string of the molecule is CC(C)C1(C(=O)O)CCN(C(=O)COc2ccccc2C(F)(F)F)C1. The van der Waals surface area contributed by atoms with Gasteiger partial charge in [-0.15, -0.1) is 0 Å². The van der Waals surface area contributed by atoms with Crippen LogP contribution in [0, 0.1) is 11.3 Å². The standard InChI is InChI=1S/C17H20F3NO4/c1-11(2)16(15(23)24)7-8-21(10-16)14(22)9-25-13-6-4-3-5-12(13)17(18,19)20/h3-6,11H,7-10H2,1-2H3,(H,23,24). The summed E-state index contributed by atoms with van der Waals surface area (Å²) in [5, 5.41) is 9.47. The fourth-order valence-electron chi connectivity index (χ4n) is 3.00. The zero-order valence-corrected chi connectivity index (χ0v) is 14.0. The van der Waals surface area contributed by atoms with Crippen LogP contribution >= 0.6 is 0 Å². The minimum atomic E-state index is -4.58. The maximum Gasteiger partial charge on any atom is 0.419 e. The maximum atomic E-state index is 12.9. The van der Waals surface area contributed by atoms with E-state index in [2.05, 4.69) is 0 Å². The second-order valence-corrected chi connectivity index (χ2v) is 6.46. The Morgan fingerprint density at radius 2 is 1.96 bits per heavy atom. The molecule has 0 radical (unpaired) electrons. The smallest absolute Gasteiger partial charge is 0.419 e. The molecule has 2 rings (SSSR count). The molecule has 1 amide bonds. The third kappa shape index (κ3) is 3.88. The van der Waals surface area contributed by atoms with Gasteiger partial charge in [-0.1, -0.05) is 26.0 Å². The lowest BCUT2D eigenvalue weighted by atomic mass is 9.76. The predicted octanol–water partition coefficient (Wildman–Crippen LogP) is 3.04. The van der Waals surface area contributed by atoms with Gasteiger partial charge < -0.3 is 14.7 Å². The van der Waals surface area contributed by atoms with Gasteiger partial charge in [0.25, 0.3) is 5.91 Å². The van der Waals surface area contributed by atoms with Gasteiger partial charge in [-0.25, -0.2) is 0 Å². The molecule has 5 nitrogen and oxygen atoms in total. The van der Waals surface area contributed by atoms with Crippen LogP contribution < -0.4 is 4.74 Å². The molecule has 8 heteroatoms. The second kappa shape index (κ2) is 6.93. The number of alkyl halides is 3. The van der Waals surface area contributed by atoms with Crippen LogP contribution in [0.4, 0.5) is 13.2 Å². The van der Waals surface area contributed by atoms with Gasteiger partial charge in [-0.05, 0) is 24.5 Å². The van der Waals surface area contributed by atoms with E-state index in [1.165, 1.54) is 17.0 Å². The summed E-state index contributed by atoms with van der Waals surface area (Å²) in [5.41, 5.74) is -1.98. The van der Waals surface area contributed by atoms with Gasteiger partial charge in [-0.2, -0.15) is 13.2 Å². The largest absolute Gasteiger partial charge is 0.483 e. The lowest BCUT2D eigenvalue weighted by Crippen LogP contribution is -2.41. The Kier molecular flexibility index (Phi) is 5.29. The molecule has 1 fully saturated rings. The first kappa shape index (κ1) is 19.1. The van der Waals surface area contributed by atoms with Crippen molar-refractivity contribution in [1.29, 1.82) is 0 Å². The first-order chi connectivity index (χ1) is 11.6. The molecule has 1 aromatic rings. The average molecular weight is 359 g/mol. The van der Waals surface area contributed by atoms with Crippen molar-refractivity contribution >= 4 is 11.9 Å². The van der Waals surface area contributed by atoms with E-state index in [4.69, 9.17) is 4.74 Å². The van der Waals surface area contributed by atoms with Gasteiger partial charge in [0, 0.05) is 13.1 Å². The summed E-state index contributed by atoms with van der Waals surface area (Å²) >= 11 is 0. The van der Waals surface area contributed by atoms with Gasteiger partial charge in [0.2, 0.25) is 0 Å². The van der Waals surface area contributed by atoms with E-state index in [1.54, 1.807) is 13.8 Å². The van der Waals surface area contributed by atoms with Crippen molar-refractivity contribution in [3.63, 3.8) is 0 Å². The number of carboxylic acids is 1. The first-order valence-electron chi connectivity index (χ1n) is 7.88. The summed E-state index contributed by atoms with van der Waals surface area (Å²) in [4.78, 5) is 25.2. The summed E-state index contributed by atoms with van der Waals surface area (Å²) in [5.74, 6) is -2.09. The van der Waals surface area contributed by atoms with E-state index < -0.39 is 41.4 Å². The van der Waals surface area contributed by atoms with Crippen LogP contribution in [0.25, 0.3) is 0 Å². The zero-order chi connectivity index (χ0) is 18.8. The summed E-state index contributed by atoms with van der Waals surface area (Å²) in [6.07, 6.45) is -4.27. The predicted molar refractivity (Wildman–Crippen MR) is 83.0 cm³/mol. The van der Waals surface area contributed by atoms with E-state index >= 15 is 0 Å². The Morgan fingerprint density at radius 1 is 1.32 bits per heavy atom. The molecule has 138 valence electrons. The number of rotatable bonds is 5. The Labute approximate surface area is 143 Å². The molecule has 1 atom stereocenters. The number of hydrogen-bond acceptors (Lipinski definition) is 3. The van der Waals surface area contributed by atoms with Crippen LogP contribution in [0.3, 0.4) is 0 Å². The molecule has 1 unspecified atom stereocenters. The number of hydrogen-bond donors (Lipinski definition) is 1. The highest BCUT2D eigenvalue weighted by atomic mass is 19.4. The monoisotopic (exact) mass is 359 g/mol. The molecule has 0 spiro atoms. The van der Waals surface area contributed by atoms with Crippen LogP contribution in [0.15, 0.2) is 24.3 Å². The van der Waals surface area contributed by atoms with Crippen molar-refractivity contribution < 1.29 is 32.6 Å². The summed E-state index contributed by atoms with van der Waals surface area (Å²) in [6.45, 7) is 3.26. The molecule has 25 heavy (non-hydrogen) atoms. The summed E-state index contributed by atoms with van der Waals surface area (Å²) in [7, 11) is 0. The number of ether oxygens (including phenoxy) is 1. The quantitative estimate of drug-likeness (QED) is 0.878. The number of aliphatic carboxylic acids is 1. The van der Waals surface area contributed by atoms with Crippen molar-refractivity contribution in [1.82, 2.24) is 4.90 Å². The average Bonchev–Trinajstić information content (AvgIpc) is 2.99. The number of carbonyl (C=O) groups excluding carboxylic acids is 1. The Bertz CT molecular complexity index is 660. The van der Waals surface area contributed by atoms with Crippen LogP contribution in [-0.4, -0.2) is 41.6 Å². The highest BCUT2D eigenvalue weighted by molar-refractivity contribution is 5.81. The van der Waals surface area contributed by atoms with Crippen molar-refractivity contribution in [3.8, 4) is 5.75 Å². The fourth-order valence-corrected chi connectivity index (χ4v) is 3.00. The third-order valence-corrected chi connectivity index (χ3v) is 4.73. The number of carbonyl (C=O) groups is 2. The minimum absolute atomic E-state index is 0.0309. The lowest BCUT2D eigenvalue weighted by Gasteiger charge is -2.28. The van der Waals surface area contributed by atoms with E-state index in [-0.39, 0.29) is 19.0 Å². The molecule has 1 aromatic carbocycles. The van der Waals surface area contributed by atoms with Crippen molar-refractivity contribution in [2.24, 2.45) is 11.3 Å². The summed E-state index contributed by atoms with van der Waals surface area (Å²) < 4.78 is 43.8. The highest BCUT2D eigenvalue weighted by Crippen LogP contribution is 2.39. The lowest BCUT2D eigenvalue weighted by molar-refractivity contribution is -0.151. The van der Waals surface area contributed by atoms with Gasteiger partial charge in [0.1, 0.15) is 5.75 Å². The topological polar surface area (TPSA) is 66.8 Å². The van der Waals surface area contributed by atoms with Gasteiger partial charge >= 0.3 is 12.1 Å². The molecule has 1 aliphatic heterocycles. The number of nitrogens with zero attached hydrogens (tertiary/aromatic N) is 1. The van der Waals surface area contributed by atoms with Gasteiger partial charge in [0.05, 0.1) is 11.0 Å². The molecule has 0 saturated carbocycles. The number of para-hydroxylation sites is 1. The number of carboxylic acid groups (broad SMARTS) is 1. The number of halogens is 3. The van der Waals surface area contributed by atoms with Crippen molar-refractivity contribution in [2.45, 2.75) is 26.4 Å². The highest BCUT2D eigenvalue weighted by Gasteiger charge is 2.48. The Hall–Kier alpha value is -2.25. The van der Waals surface area contributed by atoms with E-state index in [9.17, 15) is 27.9 Å². The van der Waals surface area contributed by atoms with Gasteiger partial charge in [-0.3, -0.25) is 9.59 Å². The van der Waals surface area contributed by atoms with E-state index in [0.29, 0.717) is 6.42 Å². The number of likely N-dealkylation sites (tertiary alicyclic amines) is 1. The minimum Gasteiger partial charge on any atom is -0.483 e. The first-order valence-corrected chi connectivity index (χ1v) is 7.88. The van der Waals surface area contributed by atoms with Crippen LogP contribution in [0.2, 0.25) is 0 Å². The van der Waals surface area contributed by atoms with E-state index in [0.717, 1.165) is 12.1 Å². The molecular formula is C17H20F3NO4. The molecule has 1 aliphatic rings.